The Morgan fingerprint density at radius 1 is 1.35 bits per heavy atom. The van der Waals surface area contributed by atoms with Crippen molar-refractivity contribution in [3.05, 3.63) is 0 Å². The summed E-state index contributed by atoms with van der Waals surface area (Å²) in [6.07, 6.45) is 9.33. The lowest BCUT2D eigenvalue weighted by Crippen LogP contribution is -2.46. The molecule has 0 heterocycles. The molecule has 0 aliphatic heterocycles. The van der Waals surface area contributed by atoms with Crippen LogP contribution in [0.3, 0.4) is 0 Å². The number of hydrogen-bond donors (Lipinski definition) is 3. The molecule has 1 rings (SSSR count). The Hall–Kier alpha value is -0.420. The van der Waals surface area contributed by atoms with Gasteiger partial charge < -0.3 is 15.7 Å². The van der Waals surface area contributed by atoms with E-state index in [2.05, 4.69) is 37.7 Å². The Kier molecular flexibility index (Phi) is 10.8. The Balaban J connectivity index is 2.56. The van der Waals surface area contributed by atoms with Gasteiger partial charge in [0.25, 0.3) is 0 Å². The molecule has 0 bridgehead atoms. The van der Waals surface area contributed by atoms with Crippen LogP contribution in [0.1, 0.15) is 59.3 Å². The van der Waals surface area contributed by atoms with Gasteiger partial charge in [-0.15, -0.1) is 0 Å². The van der Waals surface area contributed by atoms with Crippen LogP contribution in [0, 0.1) is 11.8 Å². The monoisotopic (exact) mass is 343 g/mol. The smallest absolute Gasteiger partial charge is 0.191 e. The van der Waals surface area contributed by atoms with Gasteiger partial charge in [0.2, 0.25) is 0 Å². The normalized spacial score (nSPS) is 23.8. The number of nitrogens with zero attached hydrogens (tertiary/aromatic N) is 1. The summed E-state index contributed by atoms with van der Waals surface area (Å²) < 4.78 is 0. The first-order chi connectivity index (χ1) is 11.1. The van der Waals surface area contributed by atoms with Gasteiger partial charge >= 0.3 is 0 Å². The molecule has 1 aliphatic rings. The predicted octanol–water partition coefficient (Wildman–Crippen LogP) is 3.26. The largest absolute Gasteiger partial charge is 0.396 e. The van der Waals surface area contributed by atoms with E-state index >= 15 is 0 Å². The molecule has 5 heteroatoms. The highest BCUT2D eigenvalue weighted by Gasteiger charge is 2.22. The molecule has 0 aromatic carbocycles. The molecule has 3 unspecified atom stereocenters. The summed E-state index contributed by atoms with van der Waals surface area (Å²) in [6.45, 7) is 8.54. The Labute approximate surface area is 147 Å². The highest BCUT2D eigenvalue weighted by Crippen LogP contribution is 2.26. The Morgan fingerprint density at radius 3 is 2.74 bits per heavy atom. The number of rotatable bonds is 9. The fraction of sp³-hybridized carbons (Fsp3) is 0.944. The van der Waals surface area contributed by atoms with E-state index in [1.807, 2.05) is 11.8 Å². The molecule has 0 saturated heterocycles. The van der Waals surface area contributed by atoms with Crippen LogP contribution in [0.4, 0.5) is 0 Å². The Morgan fingerprint density at radius 2 is 2.13 bits per heavy atom. The van der Waals surface area contributed by atoms with E-state index in [0.717, 1.165) is 37.1 Å². The maximum atomic E-state index is 9.25. The fourth-order valence-corrected chi connectivity index (χ4v) is 4.18. The number of nitrogens with one attached hydrogen (secondary N) is 2. The SMILES string of the molecule is CCNC(=NCC(CCO)CC(C)C)NC1CCCC(SC)C1. The molecule has 3 atom stereocenters. The minimum Gasteiger partial charge on any atom is -0.396 e. The second-order valence-corrected chi connectivity index (χ2v) is 8.23. The third kappa shape index (κ3) is 8.85. The average molecular weight is 344 g/mol. The third-order valence-corrected chi connectivity index (χ3v) is 5.59. The van der Waals surface area contributed by atoms with Gasteiger partial charge in [-0.3, -0.25) is 4.99 Å². The number of thioether (sulfide) groups is 1. The van der Waals surface area contributed by atoms with Gasteiger partial charge in [0.1, 0.15) is 0 Å². The van der Waals surface area contributed by atoms with Crippen LogP contribution in [-0.4, -0.2) is 48.3 Å². The summed E-state index contributed by atoms with van der Waals surface area (Å²) in [4.78, 5) is 4.81. The summed E-state index contributed by atoms with van der Waals surface area (Å²) in [5, 5.41) is 17.1. The lowest BCUT2D eigenvalue weighted by atomic mass is 9.94. The van der Waals surface area contributed by atoms with Crippen LogP contribution in [0.25, 0.3) is 0 Å². The van der Waals surface area contributed by atoms with Gasteiger partial charge in [0.15, 0.2) is 5.96 Å². The molecular formula is C18H37N3OS. The van der Waals surface area contributed by atoms with E-state index in [1.54, 1.807) is 0 Å². The third-order valence-electron chi connectivity index (χ3n) is 4.49. The number of aliphatic hydroxyl groups is 1. The number of guanidine groups is 1. The first-order valence-electron chi connectivity index (χ1n) is 9.27. The van der Waals surface area contributed by atoms with Crippen LogP contribution < -0.4 is 10.6 Å². The topological polar surface area (TPSA) is 56.7 Å². The van der Waals surface area contributed by atoms with E-state index < -0.39 is 0 Å². The van der Waals surface area contributed by atoms with Crippen molar-refractivity contribution >= 4 is 17.7 Å². The minimum atomic E-state index is 0.259. The van der Waals surface area contributed by atoms with E-state index in [4.69, 9.17) is 4.99 Å². The van der Waals surface area contributed by atoms with E-state index in [-0.39, 0.29) is 6.61 Å². The summed E-state index contributed by atoms with van der Waals surface area (Å²) in [5.74, 6) is 2.07. The fourth-order valence-electron chi connectivity index (χ4n) is 3.36. The molecule has 4 nitrogen and oxygen atoms in total. The summed E-state index contributed by atoms with van der Waals surface area (Å²) >= 11 is 1.99. The zero-order chi connectivity index (χ0) is 17.1. The zero-order valence-corrected chi connectivity index (χ0v) is 16.3. The Bertz CT molecular complexity index is 336. The molecule has 1 fully saturated rings. The van der Waals surface area contributed by atoms with Gasteiger partial charge in [0.05, 0.1) is 0 Å². The average Bonchev–Trinajstić information content (AvgIpc) is 2.52. The van der Waals surface area contributed by atoms with Crippen molar-refractivity contribution in [2.75, 3.05) is 26.0 Å². The van der Waals surface area contributed by atoms with Crippen molar-refractivity contribution in [3.63, 3.8) is 0 Å². The van der Waals surface area contributed by atoms with E-state index in [1.165, 1.54) is 25.7 Å². The van der Waals surface area contributed by atoms with Crippen molar-refractivity contribution < 1.29 is 5.11 Å². The maximum absolute atomic E-state index is 9.25. The first-order valence-corrected chi connectivity index (χ1v) is 10.6. The lowest BCUT2D eigenvalue weighted by molar-refractivity contribution is 0.245. The van der Waals surface area contributed by atoms with Crippen LogP contribution in [0.15, 0.2) is 4.99 Å². The first kappa shape index (κ1) is 20.6. The molecule has 0 aromatic rings. The number of aliphatic hydroxyl groups excluding tert-OH is 1. The van der Waals surface area contributed by atoms with E-state index in [9.17, 15) is 5.11 Å². The lowest BCUT2D eigenvalue weighted by Gasteiger charge is -2.30. The standard InChI is InChI=1S/C18H37N3OS/c1-5-19-18(20-13-15(9-10-22)11-14(2)3)21-16-7-6-8-17(12-16)23-4/h14-17,22H,5-13H2,1-4H3,(H2,19,20,21). The van der Waals surface area contributed by atoms with Crippen LogP contribution >= 0.6 is 11.8 Å². The molecule has 3 N–H and O–H groups in total. The van der Waals surface area contributed by atoms with Gasteiger partial charge in [-0.05, 0) is 57.1 Å². The summed E-state index contributed by atoms with van der Waals surface area (Å²) in [5.41, 5.74) is 0. The van der Waals surface area contributed by atoms with Crippen molar-refractivity contribution in [2.24, 2.45) is 16.8 Å². The maximum Gasteiger partial charge on any atom is 0.191 e. The molecule has 136 valence electrons. The van der Waals surface area contributed by atoms with Crippen molar-refractivity contribution in [3.8, 4) is 0 Å². The highest BCUT2D eigenvalue weighted by molar-refractivity contribution is 7.99. The zero-order valence-electron chi connectivity index (χ0n) is 15.5. The highest BCUT2D eigenvalue weighted by atomic mass is 32.2. The number of hydrogen-bond acceptors (Lipinski definition) is 3. The summed E-state index contributed by atoms with van der Waals surface area (Å²) in [7, 11) is 0. The molecule has 1 saturated carbocycles. The van der Waals surface area contributed by atoms with Crippen molar-refractivity contribution in [1.29, 1.82) is 0 Å². The molecule has 0 radical (unpaired) electrons. The van der Waals surface area contributed by atoms with Gasteiger partial charge in [-0.25, -0.2) is 0 Å². The minimum absolute atomic E-state index is 0.259. The quantitative estimate of drug-likeness (QED) is 0.444. The number of aliphatic imine (C=N–C) groups is 1. The van der Waals surface area contributed by atoms with Crippen molar-refractivity contribution in [1.82, 2.24) is 10.6 Å². The van der Waals surface area contributed by atoms with Crippen LogP contribution in [0.5, 0.6) is 0 Å². The van der Waals surface area contributed by atoms with Crippen LogP contribution in [-0.2, 0) is 0 Å². The van der Waals surface area contributed by atoms with Crippen LogP contribution in [0.2, 0.25) is 0 Å². The molecular weight excluding hydrogens is 306 g/mol. The second kappa shape index (κ2) is 12.0. The van der Waals surface area contributed by atoms with Gasteiger partial charge in [-0.2, -0.15) is 11.8 Å². The molecule has 0 amide bonds. The van der Waals surface area contributed by atoms with Gasteiger partial charge in [-0.1, -0.05) is 20.3 Å². The molecule has 1 aliphatic carbocycles. The summed E-state index contributed by atoms with van der Waals surface area (Å²) in [6, 6.07) is 0.542. The molecule has 0 aromatic heterocycles. The van der Waals surface area contributed by atoms with Crippen molar-refractivity contribution in [2.45, 2.75) is 70.6 Å². The molecule has 23 heavy (non-hydrogen) atoms. The predicted molar refractivity (Wildman–Crippen MR) is 103 cm³/mol. The van der Waals surface area contributed by atoms with E-state index in [0.29, 0.717) is 17.9 Å². The molecule has 0 spiro atoms. The van der Waals surface area contributed by atoms with Gasteiger partial charge in [0, 0.05) is 31.0 Å². The second-order valence-electron chi connectivity index (χ2n) is 7.09.